The summed E-state index contributed by atoms with van der Waals surface area (Å²) in [7, 11) is 0. The van der Waals surface area contributed by atoms with Gasteiger partial charge in [0.2, 0.25) is 0 Å². The molecule has 1 radical (unpaired) electrons. The van der Waals surface area contributed by atoms with Gasteiger partial charge in [0.25, 0.3) is 0 Å². The van der Waals surface area contributed by atoms with Crippen LogP contribution in [0.5, 0.6) is 0 Å². The fraction of sp³-hybridized carbons (Fsp3) is 0.316. The van der Waals surface area contributed by atoms with Gasteiger partial charge in [-0.3, -0.25) is 4.98 Å². The van der Waals surface area contributed by atoms with Gasteiger partial charge in [-0.25, -0.2) is 0 Å². The van der Waals surface area contributed by atoms with Crippen molar-refractivity contribution in [2.75, 3.05) is 0 Å². The first-order valence-corrected chi connectivity index (χ1v) is 20.9. The number of rotatable bonds is 4. The minimum atomic E-state index is -2.63. The molecule has 0 saturated carbocycles. The molecule has 4 aromatic carbocycles. The molecule has 0 aliphatic carbocycles. The van der Waals surface area contributed by atoms with Crippen LogP contribution in [-0.4, -0.2) is 15.0 Å². The first-order valence-electron chi connectivity index (χ1n) is 24.4. The SMILES string of the molecule is CC(C)(C)c1ccnc(-c2[c-]cccc2)c1.[2H]c1cc(C(C)(C)C)cc(C([2H])([2H])[2H])c1-c1cc(-c2[c-]ccc3c2oc2cc(-c4cc(C(C)(C)C)cc(C(C)(C)C)c4)ncc23)ncc1C([2H])([2H])[2H].[Ir]. The number of benzene rings is 4. The zero-order valence-corrected chi connectivity index (χ0v) is 40.4. The molecule has 0 fully saturated rings. The maximum absolute atomic E-state index is 9.03. The molecule has 0 atom stereocenters. The predicted octanol–water partition coefficient (Wildman–Crippen LogP) is 15.5. The van der Waals surface area contributed by atoms with Gasteiger partial charge in [0.05, 0.1) is 12.6 Å². The molecule has 0 spiro atoms. The number of hydrogen-bond acceptors (Lipinski definition) is 4. The zero-order chi connectivity index (χ0) is 49.9. The van der Waals surface area contributed by atoms with Crippen LogP contribution in [0.15, 0.2) is 120 Å². The summed E-state index contributed by atoms with van der Waals surface area (Å²) < 4.78 is 65.8. The maximum Gasteiger partial charge on any atom is 0.124 e. The van der Waals surface area contributed by atoms with Crippen molar-refractivity contribution in [1.82, 2.24) is 15.0 Å². The van der Waals surface area contributed by atoms with E-state index < -0.39 is 19.1 Å². The second-order valence-corrected chi connectivity index (χ2v) is 20.1. The smallest absolute Gasteiger partial charge is 0.124 e. The molecule has 321 valence electrons. The van der Waals surface area contributed by atoms with Crippen LogP contribution in [-0.2, 0) is 41.8 Å². The quantitative estimate of drug-likeness (QED) is 0.165. The third-order valence-electron chi connectivity index (χ3n) is 11.1. The summed E-state index contributed by atoms with van der Waals surface area (Å²) in [6.07, 6.45) is 4.93. The second kappa shape index (κ2) is 17.5. The normalized spacial score (nSPS) is 14.3. The van der Waals surface area contributed by atoms with Gasteiger partial charge in [-0.15, -0.1) is 54.1 Å². The number of aromatic nitrogens is 3. The van der Waals surface area contributed by atoms with E-state index in [1.165, 1.54) is 22.9 Å². The van der Waals surface area contributed by atoms with Gasteiger partial charge in [0, 0.05) is 63.9 Å². The first-order chi connectivity index (χ1) is 31.4. The van der Waals surface area contributed by atoms with E-state index in [1.54, 1.807) is 24.3 Å². The van der Waals surface area contributed by atoms with Crippen molar-refractivity contribution < 1.29 is 34.1 Å². The van der Waals surface area contributed by atoms with Gasteiger partial charge in [-0.2, -0.15) is 0 Å². The van der Waals surface area contributed by atoms with Crippen LogP contribution in [0, 0.1) is 25.8 Å². The van der Waals surface area contributed by atoms with E-state index in [2.05, 4.69) is 115 Å². The summed E-state index contributed by atoms with van der Waals surface area (Å²) in [6, 6.07) is 35.5. The van der Waals surface area contributed by atoms with Crippen molar-refractivity contribution in [2.45, 2.75) is 118 Å². The Bertz CT molecular complexity index is 3110. The molecule has 0 aliphatic rings. The van der Waals surface area contributed by atoms with E-state index in [1.807, 2.05) is 69.6 Å². The number of fused-ring (bicyclic) bond motifs is 3. The van der Waals surface area contributed by atoms with Crippen molar-refractivity contribution in [2.24, 2.45) is 0 Å². The summed E-state index contributed by atoms with van der Waals surface area (Å²) >= 11 is 0. The standard InChI is InChI=1S/C42H45N2O.C15H16N.Ir/c1-25-17-28(40(3,4)5)15-16-31(25)34-21-37(43-23-26(34)2)33-14-12-13-32-35-24-44-36(22-38(35)45-39(32)33)27-18-29(41(6,7)8)20-30(19-27)42(9,10)11;1-15(2,3)13-9-10-16-14(11-13)12-7-5-4-6-8-12;/h12-13,15-24H,1-11H3;4-7,9-11H,1-3H3;/q2*-1;/i1D3,2D3,16D;;. The minimum absolute atomic E-state index is 0. The second-order valence-electron chi connectivity index (χ2n) is 20.1. The van der Waals surface area contributed by atoms with Gasteiger partial charge in [0.15, 0.2) is 0 Å². The Morgan fingerprint density at radius 3 is 1.84 bits per heavy atom. The monoisotopic (exact) mass is 1000 g/mol. The average molecular weight is 1000 g/mol. The number of pyridine rings is 3. The van der Waals surface area contributed by atoms with Crippen LogP contribution in [0.4, 0.5) is 0 Å². The molecule has 0 N–H and O–H groups in total. The third-order valence-corrected chi connectivity index (χ3v) is 11.1. The van der Waals surface area contributed by atoms with Crippen molar-refractivity contribution in [3.63, 3.8) is 0 Å². The Labute approximate surface area is 393 Å². The molecule has 5 heteroatoms. The number of hydrogen-bond donors (Lipinski definition) is 0. The van der Waals surface area contributed by atoms with E-state index in [9.17, 15) is 0 Å². The first kappa shape index (κ1) is 37.3. The number of furan rings is 1. The molecule has 0 bridgehead atoms. The van der Waals surface area contributed by atoms with Gasteiger partial charge >= 0.3 is 0 Å². The summed E-state index contributed by atoms with van der Waals surface area (Å²) in [6.45, 7) is 20.4. The molecule has 8 rings (SSSR count). The molecule has 0 amide bonds. The summed E-state index contributed by atoms with van der Waals surface area (Å²) in [5.41, 5.74) is 9.66. The summed E-state index contributed by atoms with van der Waals surface area (Å²) in [5.74, 6) is 0. The van der Waals surface area contributed by atoms with Crippen molar-refractivity contribution in [3.05, 3.63) is 161 Å². The van der Waals surface area contributed by atoms with Crippen LogP contribution < -0.4 is 0 Å². The Hall–Kier alpha value is -5.22. The van der Waals surface area contributed by atoms with Crippen molar-refractivity contribution >= 4 is 21.9 Å². The van der Waals surface area contributed by atoms with Gasteiger partial charge < -0.3 is 14.4 Å². The molecule has 4 nitrogen and oxygen atoms in total. The third kappa shape index (κ3) is 10.0. The zero-order valence-electron chi connectivity index (χ0n) is 45.0. The molecule has 62 heavy (non-hydrogen) atoms. The molecule has 4 aromatic heterocycles. The maximum atomic E-state index is 9.03. The Balaban J connectivity index is 0.000000388. The van der Waals surface area contributed by atoms with Crippen LogP contribution in [0.2, 0.25) is 0 Å². The van der Waals surface area contributed by atoms with E-state index >= 15 is 0 Å². The molecular formula is C57H61IrN3O-2. The summed E-state index contributed by atoms with van der Waals surface area (Å²) in [5, 5.41) is 1.58. The van der Waals surface area contributed by atoms with Crippen molar-refractivity contribution in [1.29, 1.82) is 0 Å². The fourth-order valence-corrected chi connectivity index (χ4v) is 7.17. The predicted molar refractivity (Wildman–Crippen MR) is 257 cm³/mol. The molecule has 0 saturated heterocycles. The fourth-order valence-electron chi connectivity index (χ4n) is 7.17. The average Bonchev–Trinajstić information content (AvgIpc) is 3.63. The molecular weight excluding hydrogens is 935 g/mol. The largest absolute Gasteiger partial charge is 0.500 e. The van der Waals surface area contributed by atoms with Crippen molar-refractivity contribution in [3.8, 4) is 44.9 Å². The van der Waals surface area contributed by atoms with Crippen LogP contribution >= 0.6 is 0 Å². The Morgan fingerprint density at radius 2 is 1.21 bits per heavy atom. The van der Waals surface area contributed by atoms with E-state index in [0.29, 0.717) is 28.0 Å². The molecule has 4 heterocycles. The minimum Gasteiger partial charge on any atom is -0.500 e. The molecule has 8 aromatic rings. The van der Waals surface area contributed by atoms with Gasteiger partial charge in [-0.1, -0.05) is 130 Å². The number of nitrogens with zero attached hydrogens (tertiary/aromatic N) is 3. The Kier molecular flexibility index (Phi) is 10.5. The summed E-state index contributed by atoms with van der Waals surface area (Å²) in [4.78, 5) is 13.8. The van der Waals surface area contributed by atoms with E-state index in [-0.39, 0.29) is 64.6 Å². The van der Waals surface area contributed by atoms with Gasteiger partial charge in [0.1, 0.15) is 5.58 Å². The van der Waals surface area contributed by atoms with E-state index in [4.69, 9.17) is 19.0 Å². The molecule has 0 aliphatic heterocycles. The van der Waals surface area contributed by atoms with E-state index in [0.717, 1.165) is 33.3 Å². The number of aryl methyl sites for hydroxylation is 2. The van der Waals surface area contributed by atoms with Crippen LogP contribution in [0.1, 0.15) is 126 Å². The topological polar surface area (TPSA) is 51.8 Å². The van der Waals surface area contributed by atoms with Crippen LogP contribution in [0.25, 0.3) is 66.8 Å². The molecule has 0 unspecified atom stereocenters. The van der Waals surface area contributed by atoms with Crippen LogP contribution in [0.3, 0.4) is 0 Å². The van der Waals surface area contributed by atoms with Gasteiger partial charge in [-0.05, 0) is 109 Å². The Morgan fingerprint density at radius 1 is 0.548 bits per heavy atom.